The number of rotatable bonds is 6. The molecule has 0 bridgehead atoms. The Morgan fingerprint density at radius 2 is 2.00 bits per heavy atom. The molecular weight excluding hydrogens is 567 g/mol. The fourth-order valence-corrected chi connectivity index (χ4v) is 7.21. The summed E-state index contributed by atoms with van der Waals surface area (Å²) >= 11 is 6.96. The molecule has 2 fully saturated rings. The molecule has 8 nitrogen and oxygen atoms in total. The van der Waals surface area contributed by atoms with Gasteiger partial charge in [-0.1, -0.05) is 30.3 Å². The number of aryl methyl sites for hydroxylation is 1. The third-order valence-corrected chi connectivity index (χ3v) is 9.66. The number of nitrogens with zero attached hydrogens (tertiary/aromatic N) is 6. The topological polar surface area (TPSA) is 75.8 Å². The molecule has 3 aliphatic rings. The number of pyridine rings is 1. The van der Waals surface area contributed by atoms with Crippen LogP contribution >= 0.6 is 11.6 Å². The van der Waals surface area contributed by atoms with Crippen LogP contribution in [0, 0.1) is 12.7 Å². The van der Waals surface area contributed by atoms with Gasteiger partial charge in [-0.3, -0.25) is 9.79 Å². The Kier molecular flexibility index (Phi) is 7.18. The van der Waals surface area contributed by atoms with E-state index in [0.717, 1.165) is 60.0 Å². The number of hydrogen-bond donors (Lipinski definition) is 0. The minimum absolute atomic E-state index is 0.0646. The number of carbonyl (C=O) groups is 1. The number of benzene rings is 2. The lowest BCUT2D eigenvalue weighted by atomic mass is 9.91. The molecule has 0 saturated carbocycles. The van der Waals surface area contributed by atoms with Crippen LogP contribution in [0.25, 0.3) is 33.1 Å². The summed E-state index contributed by atoms with van der Waals surface area (Å²) in [6.45, 7) is 8.84. The average molecular weight is 601 g/mol. The number of halogens is 2. The Labute approximate surface area is 254 Å². The van der Waals surface area contributed by atoms with Crippen molar-refractivity contribution in [2.75, 3.05) is 33.3 Å². The van der Waals surface area contributed by atoms with Gasteiger partial charge in [0.25, 0.3) is 0 Å². The first kappa shape index (κ1) is 28.0. The van der Waals surface area contributed by atoms with Gasteiger partial charge >= 0.3 is 0 Å². The van der Waals surface area contributed by atoms with Gasteiger partial charge in [-0.25, -0.2) is 14.4 Å². The molecule has 222 valence electrons. The maximum absolute atomic E-state index is 16.9. The lowest BCUT2D eigenvalue weighted by Crippen LogP contribution is -2.38. The maximum Gasteiger partial charge on any atom is 0.245 e. The van der Waals surface area contributed by atoms with Crippen molar-refractivity contribution in [2.24, 2.45) is 4.99 Å². The van der Waals surface area contributed by atoms with E-state index in [9.17, 15) is 4.79 Å². The van der Waals surface area contributed by atoms with Gasteiger partial charge in [-0.05, 0) is 75.0 Å². The summed E-state index contributed by atoms with van der Waals surface area (Å²) in [5.41, 5.74) is 5.47. The fourth-order valence-electron chi connectivity index (χ4n) is 6.93. The molecule has 1 atom stereocenters. The van der Waals surface area contributed by atoms with Crippen LogP contribution in [0.2, 0.25) is 5.02 Å². The van der Waals surface area contributed by atoms with E-state index < -0.39 is 5.82 Å². The van der Waals surface area contributed by atoms with Gasteiger partial charge in [0.05, 0.1) is 23.4 Å². The molecule has 43 heavy (non-hydrogen) atoms. The number of carbonyl (C=O) groups excluding carboxylic acids is 1. The fraction of sp³-hybridized carbons (Fsp3) is 0.394. The number of ether oxygens (including phenoxy) is 1. The highest BCUT2D eigenvalue weighted by atomic mass is 35.5. The molecule has 0 N–H and O–H groups in total. The zero-order valence-corrected chi connectivity index (χ0v) is 25.2. The summed E-state index contributed by atoms with van der Waals surface area (Å²) < 4.78 is 25.4. The monoisotopic (exact) mass is 600 g/mol. The predicted molar refractivity (Wildman–Crippen MR) is 168 cm³/mol. The van der Waals surface area contributed by atoms with E-state index in [2.05, 4.69) is 28.1 Å². The SMILES string of the molecule is C=CC(=O)N1CCC(n2cnc3c(OC[C@@H]4CCCN4C)nc4c(F)c(-c5c(C)ccc6c5C=NC6)c(Cl)cc4c32)CC1. The molecule has 0 spiro atoms. The van der Waals surface area contributed by atoms with E-state index >= 15 is 4.39 Å². The Bertz CT molecular complexity index is 1810. The van der Waals surface area contributed by atoms with Gasteiger partial charge in [-0.2, -0.15) is 0 Å². The largest absolute Gasteiger partial charge is 0.474 e. The van der Waals surface area contributed by atoms with E-state index in [0.29, 0.717) is 53.6 Å². The van der Waals surface area contributed by atoms with Gasteiger partial charge < -0.3 is 19.1 Å². The van der Waals surface area contributed by atoms with Gasteiger partial charge in [0, 0.05) is 47.9 Å². The van der Waals surface area contributed by atoms with Crippen molar-refractivity contribution in [3.63, 3.8) is 0 Å². The zero-order chi connectivity index (χ0) is 29.8. The van der Waals surface area contributed by atoms with Gasteiger partial charge in [0.15, 0.2) is 11.3 Å². The van der Waals surface area contributed by atoms with E-state index in [-0.39, 0.29) is 23.5 Å². The molecule has 5 heterocycles. The van der Waals surface area contributed by atoms with Crippen molar-refractivity contribution < 1.29 is 13.9 Å². The van der Waals surface area contributed by atoms with Crippen LogP contribution in [-0.4, -0.2) is 75.8 Å². The van der Waals surface area contributed by atoms with E-state index in [1.165, 1.54) is 6.08 Å². The first-order valence-electron chi connectivity index (χ1n) is 14.9. The lowest BCUT2D eigenvalue weighted by molar-refractivity contribution is -0.127. The summed E-state index contributed by atoms with van der Waals surface area (Å²) in [5.74, 6) is -0.224. The number of likely N-dealkylation sites (tertiary alicyclic amines) is 2. The molecule has 2 aromatic heterocycles. The van der Waals surface area contributed by atoms with Gasteiger partial charge in [-0.15, -0.1) is 0 Å². The second-order valence-electron chi connectivity index (χ2n) is 11.9. The molecule has 7 rings (SSSR count). The number of fused-ring (bicyclic) bond motifs is 4. The number of hydrogen-bond acceptors (Lipinski definition) is 6. The van der Waals surface area contributed by atoms with Crippen molar-refractivity contribution in [3.8, 4) is 17.0 Å². The molecule has 2 saturated heterocycles. The number of piperidine rings is 1. The third kappa shape index (κ3) is 4.69. The summed E-state index contributed by atoms with van der Waals surface area (Å²) in [5, 5.41) is 0.901. The molecule has 2 aromatic carbocycles. The smallest absolute Gasteiger partial charge is 0.245 e. The first-order chi connectivity index (χ1) is 20.9. The first-order valence-corrected chi connectivity index (χ1v) is 15.3. The van der Waals surface area contributed by atoms with Crippen LogP contribution < -0.4 is 4.74 Å². The molecule has 10 heteroatoms. The molecule has 4 aromatic rings. The predicted octanol–water partition coefficient (Wildman–Crippen LogP) is 6.11. The Hall–Kier alpha value is -3.82. The van der Waals surface area contributed by atoms with Crippen molar-refractivity contribution in [1.82, 2.24) is 24.3 Å². The molecule has 3 aliphatic heterocycles. The van der Waals surface area contributed by atoms with Crippen LogP contribution in [-0.2, 0) is 11.3 Å². The van der Waals surface area contributed by atoms with Crippen molar-refractivity contribution in [3.05, 3.63) is 64.7 Å². The Balaban J connectivity index is 1.39. The van der Waals surface area contributed by atoms with Gasteiger partial charge in [0.2, 0.25) is 11.8 Å². The number of amides is 1. The summed E-state index contributed by atoms with van der Waals surface area (Å²) in [6, 6.07) is 6.17. The lowest BCUT2D eigenvalue weighted by Gasteiger charge is -2.32. The van der Waals surface area contributed by atoms with Crippen molar-refractivity contribution in [1.29, 1.82) is 0 Å². The normalized spacial score (nSPS) is 19.1. The standard InChI is InChI=1S/C33H34ClFN6O2/c1-4-26(42)40-12-9-21(10-13-40)41-18-37-31-32(41)23-14-25(34)28(27-19(2)7-8-20-15-36-16-24(20)27)29(35)30(23)38-33(31)43-17-22-6-5-11-39(22)3/h4,7-8,14,16,18,21-22H,1,5-6,9-13,15,17H2,2-3H3/t22-/m0/s1. The van der Waals surface area contributed by atoms with Crippen molar-refractivity contribution in [2.45, 2.75) is 51.2 Å². The van der Waals surface area contributed by atoms with Crippen LogP contribution in [0.15, 0.2) is 42.2 Å². The molecule has 0 unspecified atom stereocenters. The maximum atomic E-state index is 16.9. The molecule has 0 radical (unpaired) electrons. The highest BCUT2D eigenvalue weighted by Crippen LogP contribution is 2.43. The zero-order valence-electron chi connectivity index (χ0n) is 24.4. The molecule has 0 aliphatic carbocycles. The highest BCUT2D eigenvalue weighted by Gasteiger charge is 2.29. The number of aromatic nitrogens is 3. The van der Waals surface area contributed by atoms with E-state index in [4.69, 9.17) is 26.3 Å². The van der Waals surface area contributed by atoms with E-state index in [1.54, 1.807) is 12.5 Å². The van der Waals surface area contributed by atoms with Crippen LogP contribution in [0.1, 0.15) is 48.4 Å². The second kappa shape index (κ2) is 11.0. The molecule has 1 amide bonds. The highest BCUT2D eigenvalue weighted by molar-refractivity contribution is 6.35. The second-order valence-corrected chi connectivity index (χ2v) is 12.3. The molecular formula is C33H34ClFN6O2. The number of likely N-dealkylation sites (N-methyl/N-ethyl adjacent to an activating group) is 1. The van der Waals surface area contributed by atoms with Crippen LogP contribution in [0.3, 0.4) is 0 Å². The average Bonchev–Trinajstić information content (AvgIpc) is 3.77. The van der Waals surface area contributed by atoms with Gasteiger partial charge in [0.1, 0.15) is 12.1 Å². The number of aliphatic imine (C=N–C) groups is 1. The summed E-state index contributed by atoms with van der Waals surface area (Å²) in [7, 11) is 2.10. The quantitative estimate of drug-likeness (QED) is 0.250. The van der Waals surface area contributed by atoms with E-state index in [1.807, 2.05) is 30.0 Å². The number of imidazole rings is 1. The summed E-state index contributed by atoms with van der Waals surface area (Å²) in [4.78, 5) is 30.3. The minimum atomic E-state index is -0.483. The Morgan fingerprint density at radius 1 is 1.19 bits per heavy atom. The Morgan fingerprint density at radius 3 is 2.74 bits per heavy atom. The van der Waals surface area contributed by atoms with Crippen LogP contribution in [0.4, 0.5) is 4.39 Å². The van der Waals surface area contributed by atoms with Crippen LogP contribution in [0.5, 0.6) is 5.88 Å². The third-order valence-electron chi connectivity index (χ3n) is 9.36. The minimum Gasteiger partial charge on any atom is -0.474 e. The van der Waals surface area contributed by atoms with Crippen molar-refractivity contribution >= 4 is 45.7 Å². The summed E-state index contributed by atoms with van der Waals surface area (Å²) in [6.07, 6.45) is 8.59.